The van der Waals surface area contributed by atoms with Crippen molar-refractivity contribution in [1.82, 2.24) is 19.6 Å². The number of fused-ring (bicyclic) bond motifs is 1. The summed E-state index contributed by atoms with van der Waals surface area (Å²) in [6, 6.07) is 4.15. The van der Waals surface area contributed by atoms with E-state index in [0.717, 1.165) is 6.07 Å². The van der Waals surface area contributed by atoms with E-state index in [1.54, 1.807) is 18.3 Å². The number of pyridine rings is 1. The number of ether oxygens (including phenoxy) is 1. The second-order valence-corrected chi connectivity index (χ2v) is 6.59. The summed E-state index contributed by atoms with van der Waals surface area (Å²) < 4.78 is 46.1. The molecule has 1 fully saturated rings. The van der Waals surface area contributed by atoms with Crippen LogP contribution in [0.2, 0.25) is 0 Å². The van der Waals surface area contributed by atoms with Crippen LogP contribution in [0.15, 0.2) is 30.6 Å². The van der Waals surface area contributed by atoms with E-state index in [0.29, 0.717) is 24.2 Å². The van der Waals surface area contributed by atoms with Crippen LogP contribution in [0.3, 0.4) is 0 Å². The van der Waals surface area contributed by atoms with E-state index in [9.17, 15) is 18.3 Å². The predicted octanol–water partition coefficient (Wildman–Crippen LogP) is 2.30. The zero-order valence-electron chi connectivity index (χ0n) is 14.7. The summed E-state index contributed by atoms with van der Waals surface area (Å²) in [5, 5.41) is 17.4. The topological polar surface area (TPSA) is 84.6 Å². The number of rotatable bonds is 5. The maximum absolute atomic E-state index is 14.5. The fourth-order valence-corrected chi connectivity index (χ4v) is 3.16. The second-order valence-electron chi connectivity index (χ2n) is 6.59. The van der Waals surface area contributed by atoms with Crippen molar-refractivity contribution in [1.29, 1.82) is 0 Å². The molecule has 3 aromatic rings. The number of halogens is 3. The van der Waals surface area contributed by atoms with E-state index in [-0.39, 0.29) is 29.9 Å². The maximum Gasteiger partial charge on any atom is 0.242 e. The molecule has 0 bridgehead atoms. The Morgan fingerprint density at radius 1 is 1.29 bits per heavy atom. The monoisotopic (exact) mass is 393 g/mol. The van der Waals surface area contributed by atoms with Crippen LogP contribution in [-0.2, 0) is 11.2 Å². The quantitative estimate of drug-likeness (QED) is 0.692. The van der Waals surface area contributed by atoms with Gasteiger partial charge >= 0.3 is 0 Å². The van der Waals surface area contributed by atoms with Crippen LogP contribution in [0.4, 0.5) is 19.1 Å². The molecule has 0 radical (unpaired) electrons. The van der Waals surface area contributed by atoms with Gasteiger partial charge < -0.3 is 15.2 Å². The Bertz CT molecular complexity index is 981. The molecular weight excluding hydrogens is 375 g/mol. The van der Waals surface area contributed by atoms with E-state index in [1.165, 1.54) is 10.7 Å². The molecule has 3 aromatic heterocycles. The Kier molecular flexibility index (Phi) is 5.14. The first kappa shape index (κ1) is 18.6. The largest absolute Gasteiger partial charge is 0.389 e. The van der Waals surface area contributed by atoms with Crippen molar-refractivity contribution < 1.29 is 23.0 Å². The van der Waals surface area contributed by atoms with Gasteiger partial charge in [0.05, 0.1) is 36.2 Å². The maximum atomic E-state index is 14.5. The summed E-state index contributed by atoms with van der Waals surface area (Å²) in [5.74, 6) is -0.434. The number of alkyl halides is 2. The normalized spacial score (nSPS) is 20.0. The Labute approximate surface area is 158 Å². The lowest BCUT2D eigenvalue weighted by atomic mass is 10.1. The molecule has 2 N–H and O–H groups in total. The molecule has 4 rings (SSSR count). The lowest BCUT2D eigenvalue weighted by Gasteiger charge is -2.28. The second kappa shape index (κ2) is 7.72. The summed E-state index contributed by atoms with van der Waals surface area (Å²) in [7, 11) is 0. The first-order valence-corrected chi connectivity index (χ1v) is 8.81. The summed E-state index contributed by atoms with van der Waals surface area (Å²) in [5.41, 5.74) is 1.12. The predicted molar refractivity (Wildman–Crippen MR) is 94.7 cm³/mol. The lowest BCUT2D eigenvalue weighted by Crippen LogP contribution is -2.42. The summed E-state index contributed by atoms with van der Waals surface area (Å²) in [6.45, 7) is 0.751. The molecule has 0 spiro atoms. The van der Waals surface area contributed by atoms with Gasteiger partial charge in [0.1, 0.15) is 5.69 Å². The zero-order valence-corrected chi connectivity index (χ0v) is 14.7. The molecule has 1 saturated heterocycles. The van der Waals surface area contributed by atoms with Crippen LogP contribution >= 0.6 is 0 Å². The molecule has 0 amide bonds. The zero-order chi connectivity index (χ0) is 19.7. The van der Waals surface area contributed by atoms with E-state index < -0.39 is 24.8 Å². The summed E-state index contributed by atoms with van der Waals surface area (Å²) in [4.78, 5) is 8.23. The third-order valence-corrected chi connectivity index (χ3v) is 4.57. The highest BCUT2D eigenvalue weighted by molar-refractivity contribution is 5.64. The minimum atomic E-state index is -2.57. The van der Waals surface area contributed by atoms with Crippen LogP contribution in [-0.4, -0.2) is 56.5 Å². The van der Waals surface area contributed by atoms with Crippen molar-refractivity contribution in [3.63, 3.8) is 0 Å². The number of aliphatic hydroxyl groups excluding tert-OH is 1. The number of hydrogen-bond acceptors (Lipinski definition) is 6. The van der Waals surface area contributed by atoms with Crippen molar-refractivity contribution in [2.45, 2.75) is 31.4 Å². The van der Waals surface area contributed by atoms with Gasteiger partial charge in [0.2, 0.25) is 12.4 Å². The molecule has 148 valence electrons. The molecule has 0 aliphatic carbocycles. The number of aromatic nitrogens is 4. The van der Waals surface area contributed by atoms with Crippen LogP contribution in [0, 0.1) is 5.82 Å². The third-order valence-electron chi connectivity index (χ3n) is 4.57. The summed E-state index contributed by atoms with van der Waals surface area (Å²) >= 11 is 0. The molecule has 2 atom stereocenters. The van der Waals surface area contributed by atoms with Gasteiger partial charge in [-0.05, 0) is 30.2 Å². The molecule has 0 aromatic carbocycles. The molecule has 28 heavy (non-hydrogen) atoms. The van der Waals surface area contributed by atoms with Gasteiger partial charge in [-0.3, -0.25) is 4.98 Å². The van der Waals surface area contributed by atoms with Gasteiger partial charge in [-0.1, -0.05) is 0 Å². The van der Waals surface area contributed by atoms with E-state index in [1.807, 2.05) is 0 Å². The highest BCUT2D eigenvalue weighted by Crippen LogP contribution is 2.24. The SMILES string of the molecule is O[C@@H]1COCC[C@H]1Nc1ncc2ccc(-c3ncc(CC(F)F)cc3F)n2n1. The molecule has 1 aliphatic rings. The minimum absolute atomic E-state index is 0.00812. The van der Waals surface area contributed by atoms with Gasteiger partial charge in [0, 0.05) is 19.2 Å². The van der Waals surface area contributed by atoms with Crippen molar-refractivity contribution in [2.24, 2.45) is 0 Å². The van der Waals surface area contributed by atoms with Gasteiger partial charge in [-0.2, -0.15) is 0 Å². The number of nitrogens with one attached hydrogen (secondary N) is 1. The Morgan fingerprint density at radius 2 is 2.14 bits per heavy atom. The fraction of sp³-hybridized carbons (Fsp3) is 0.389. The fourth-order valence-electron chi connectivity index (χ4n) is 3.16. The van der Waals surface area contributed by atoms with Gasteiger partial charge in [-0.25, -0.2) is 22.7 Å². The first-order chi connectivity index (χ1) is 13.5. The Morgan fingerprint density at radius 3 is 2.89 bits per heavy atom. The Balaban J connectivity index is 1.65. The first-order valence-electron chi connectivity index (χ1n) is 8.81. The average molecular weight is 393 g/mol. The van der Waals surface area contributed by atoms with Crippen LogP contribution < -0.4 is 5.32 Å². The molecule has 0 unspecified atom stereocenters. The van der Waals surface area contributed by atoms with Crippen LogP contribution in [0.1, 0.15) is 12.0 Å². The lowest BCUT2D eigenvalue weighted by molar-refractivity contribution is -0.0136. The van der Waals surface area contributed by atoms with E-state index >= 15 is 0 Å². The molecule has 0 saturated carbocycles. The molecule has 7 nitrogen and oxygen atoms in total. The van der Waals surface area contributed by atoms with Crippen LogP contribution in [0.5, 0.6) is 0 Å². The van der Waals surface area contributed by atoms with E-state index in [4.69, 9.17) is 4.74 Å². The van der Waals surface area contributed by atoms with Crippen molar-refractivity contribution in [2.75, 3.05) is 18.5 Å². The van der Waals surface area contributed by atoms with E-state index in [2.05, 4.69) is 20.4 Å². The molecule has 4 heterocycles. The average Bonchev–Trinajstić information content (AvgIpc) is 3.06. The number of anilines is 1. The van der Waals surface area contributed by atoms with Crippen molar-refractivity contribution in [3.8, 4) is 11.4 Å². The third kappa shape index (κ3) is 3.78. The summed E-state index contributed by atoms with van der Waals surface area (Å²) in [6.07, 6.45) is -0.399. The smallest absolute Gasteiger partial charge is 0.242 e. The van der Waals surface area contributed by atoms with Gasteiger partial charge in [0.15, 0.2) is 5.82 Å². The molecule has 1 aliphatic heterocycles. The highest BCUT2D eigenvalue weighted by atomic mass is 19.3. The number of nitrogens with zero attached hydrogens (tertiary/aromatic N) is 4. The van der Waals surface area contributed by atoms with Gasteiger partial charge in [-0.15, -0.1) is 5.10 Å². The minimum Gasteiger partial charge on any atom is -0.389 e. The van der Waals surface area contributed by atoms with Crippen molar-refractivity contribution in [3.05, 3.63) is 42.0 Å². The van der Waals surface area contributed by atoms with Crippen molar-refractivity contribution >= 4 is 11.5 Å². The highest BCUT2D eigenvalue weighted by Gasteiger charge is 2.24. The van der Waals surface area contributed by atoms with Crippen LogP contribution in [0.25, 0.3) is 16.9 Å². The standard InChI is InChI=1S/C18H18F3N5O2/c19-12-5-10(6-16(20)21)7-22-17(12)14-2-1-11-8-23-18(25-26(11)14)24-13-3-4-28-9-15(13)27/h1-2,5,7-8,13,15-16,27H,3-4,6,9H2,(H,24,25)/t13-,15-/m1/s1. The Hall–Kier alpha value is -2.72. The molecule has 10 heteroatoms. The number of aliphatic hydroxyl groups is 1. The number of hydrogen-bond donors (Lipinski definition) is 2. The molecular formula is C18H18F3N5O2. The van der Waals surface area contributed by atoms with Gasteiger partial charge in [0.25, 0.3) is 0 Å².